The second kappa shape index (κ2) is 8.81. The third kappa shape index (κ3) is 4.10. The van der Waals surface area contributed by atoms with E-state index in [1.807, 2.05) is 0 Å². The SMILES string of the molecule is CN1C(=O)C2(CN2C(=O)C2(C3(C(=O)O)C[C@H]3CC(F)(F)F)C[C@H]2CC(F)(F)F)N=C(c2ccccc2)c2ccccc21. The smallest absolute Gasteiger partial charge is 0.389 e. The summed E-state index contributed by atoms with van der Waals surface area (Å²) >= 11 is 0. The van der Waals surface area contributed by atoms with E-state index in [0.29, 0.717) is 22.5 Å². The van der Waals surface area contributed by atoms with Gasteiger partial charge in [-0.1, -0.05) is 48.5 Å². The van der Waals surface area contributed by atoms with Gasteiger partial charge in [-0.15, -0.1) is 0 Å². The van der Waals surface area contributed by atoms with E-state index < -0.39 is 84.1 Å². The first-order chi connectivity index (χ1) is 19.6. The van der Waals surface area contributed by atoms with Gasteiger partial charge in [0.05, 0.1) is 28.8 Å². The highest BCUT2D eigenvalue weighted by Crippen LogP contribution is 2.79. The predicted octanol–water partition coefficient (Wildman–Crippen LogP) is 5.04. The zero-order valence-corrected chi connectivity index (χ0v) is 22.2. The molecule has 13 heteroatoms. The van der Waals surface area contributed by atoms with E-state index in [4.69, 9.17) is 4.99 Å². The minimum Gasteiger partial charge on any atom is -0.481 e. The Balaban J connectivity index is 1.44. The summed E-state index contributed by atoms with van der Waals surface area (Å²) in [5.74, 6) is -6.58. The Hall–Kier alpha value is -3.90. The molecule has 2 aromatic carbocycles. The predicted molar refractivity (Wildman–Crippen MR) is 136 cm³/mol. The summed E-state index contributed by atoms with van der Waals surface area (Å²) in [5, 5.41) is 10.1. The molecule has 1 spiro atoms. The molecule has 1 N–H and O–H groups in total. The van der Waals surface area contributed by atoms with Crippen molar-refractivity contribution in [2.45, 2.75) is 43.7 Å². The minimum atomic E-state index is -4.78. The average molecular weight is 594 g/mol. The first kappa shape index (κ1) is 28.2. The highest BCUT2D eigenvalue weighted by Gasteiger charge is 2.86. The largest absolute Gasteiger partial charge is 0.481 e. The van der Waals surface area contributed by atoms with Gasteiger partial charge in [0.15, 0.2) is 0 Å². The molecule has 0 aromatic heterocycles. The zero-order valence-electron chi connectivity index (χ0n) is 22.2. The van der Waals surface area contributed by atoms with Gasteiger partial charge in [-0.2, -0.15) is 26.3 Å². The Labute approximate surface area is 235 Å². The molecule has 2 saturated carbocycles. The van der Waals surface area contributed by atoms with Gasteiger partial charge in [0.25, 0.3) is 5.91 Å². The van der Waals surface area contributed by atoms with E-state index >= 15 is 0 Å². The summed E-state index contributed by atoms with van der Waals surface area (Å²) in [4.78, 5) is 47.6. The minimum absolute atomic E-state index is 0.338. The Morgan fingerprint density at radius 2 is 1.45 bits per heavy atom. The lowest BCUT2D eigenvalue weighted by molar-refractivity contribution is -0.163. The second-order valence-corrected chi connectivity index (χ2v) is 11.6. The number of amides is 2. The summed E-state index contributed by atoms with van der Waals surface area (Å²) in [6.45, 7) is -0.348. The summed E-state index contributed by atoms with van der Waals surface area (Å²) in [5.41, 5.74) is -4.50. The van der Waals surface area contributed by atoms with Gasteiger partial charge in [-0.3, -0.25) is 14.4 Å². The van der Waals surface area contributed by atoms with Crippen LogP contribution in [0.5, 0.6) is 0 Å². The molecule has 2 heterocycles. The molecule has 3 unspecified atom stereocenters. The number of carboxylic acids is 1. The summed E-state index contributed by atoms with van der Waals surface area (Å²) in [7, 11) is 1.46. The first-order valence-corrected chi connectivity index (χ1v) is 13.3. The van der Waals surface area contributed by atoms with Crippen molar-refractivity contribution in [3.63, 3.8) is 0 Å². The molecule has 0 bridgehead atoms. The molecular weight excluding hydrogens is 568 g/mol. The number of para-hydroxylation sites is 1. The van der Waals surface area contributed by atoms with E-state index in [9.17, 15) is 45.8 Å². The number of aliphatic carboxylic acids is 1. The number of anilines is 1. The van der Waals surface area contributed by atoms with E-state index in [0.717, 1.165) is 4.90 Å². The molecule has 2 aliphatic heterocycles. The Kier molecular flexibility index (Phi) is 5.92. The van der Waals surface area contributed by atoms with Crippen LogP contribution in [0.15, 0.2) is 59.6 Å². The summed E-state index contributed by atoms with van der Waals surface area (Å²) < 4.78 is 80.5. The Morgan fingerprint density at radius 3 is 2.05 bits per heavy atom. The van der Waals surface area contributed by atoms with Crippen LogP contribution in [0.25, 0.3) is 0 Å². The second-order valence-electron chi connectivity index (χ2n) is 11.6. The highest BCUT2D eigenvalue weighted by atomic mass is 19.4. The van der Waals surface area contributed by atoms with Crippen LogP contribution in [0.2, 0.25) is 0 Å². The maximum Gasteiger partial charge on any atom is 0.389 e. The molecular formula is C29H25F6N3O4. The number of halogens is 6. The molecule has 42 heavy (non-hydrogen) atoms. The average Bonchev–Trinajstić information content (AvgIpc) is 3.83. The van der Waals surface area contributed by atoms with Gasteiger partial charge >= 0.3 is 18.3 Å². The standard InChI is InChI=1S/C29H25F6N3O4/c1-37-20-10-6-5-9-19(20)21(16-7-3-2-4-8-16)36-27(23(37)40)15-38(27)22(39)25(11-17(25)13-28(30,31)32)26(24(41)42)12-18(26)14-29(33,34)35/h2-10,17-18H,11-15H2,1H3,(H,41,42)/t17-,18-,25?,26?,27?,38?/m0/s1. The topological polar surface area (TPSA) is 90.0 Å². The van der Waals surface area contributed by atoms with Gasteiger partial charge in [0, 0.05) is 31.0 Å². The number of carbonyl (C=O) groups excluding carboxylic acids is 2. The number of carbonyl (C=O) groups is 3. The van der Waals surface area contributed by atoms with Gasteiger partial charge in [0.1, 0.15) is 0 Å². The van der Waals surface area contributed by atoms with Crippen molar-refractivity contribution in [2.75, 3.05) is 18.5 Å². The molecule has 4 aliphatic rings. The normalized spacial score (nSPS) is 31.8. The van der Waals surface area contributed by atoms with Gasteiger partial charge in [0.2, 0.25) is 11.6 Å². The monoisotopic (exact) mass is 593 g/mol. The maximum atomic E-state index is 14.2. The van der Waals surface area contributed by atoms with Crippen LogP contribution in [0.4, 0.5) is 32.0 Å². The zero-order chi connectivity index (χ0) is 30.5. The maximum absolute atomic E-state index is 14.2. The van der Waals surface area contributed by atoms with Crippen molar-refractivity contribution < 1.29 is 45.8 Å². The van der Waals surface area contributed by atoms with Crippen molar-refractivity contribution >= 4 is 29.2 Å². The third-order valence-electron chi connectivity index (χ3n) is 9.20. The van der Waals surface area contributed by atoms with Crippen molar-refractivity contribution in [2.24, 2.45) is 27.7 Å². The van der Waals surface area contributed by atoms with E-state index in [2.05, 4.69) is 0 Å². The lowest BCUT2D eigenvalue weighted by atomic mass is 9.79. The molecule has 3 fully saturated rings. The van der Waals surface area contributed by atoms with Crippen molar-refractivity contribution in [1.82, 2.24) is 4.90 Å². The summed E-state index contributed by atoms with van der Waals surface area (Å²) in [6.07, 6.45) is -13.7. The molecule has 5 atom stereocenters. The van der Waals surface area contributed by atoms with Crippen LogP contribution in [0.1, 0.15) is 36.8 Å². The highest BCUT2D eigenvalue weighted by molar-refractivity contribution is 6.22. The van der Waals surface area contributed by atoms with Gasteiger partial charge in [-0.05, 0) is 30.7 Å². The van der Waals surface area contributed by atoms with Crippen LogP contribution in [-0.2, 0) is 14.4 Å². The first-order valence-electron chi connectivity index (χ1n) is 13.3. The van der Waals surface area contributed by atoms with E-state index in [1.54, 1.807) is 54.6 Å². The fourth-order valence-corrected chi connectivity index (χ4v) is 7.11. The quantitative estimate of drug-likeness (QED) is 0.376. The summed E-state index contributed by atoms with van der Waals surface area (Å²) in [6, 6.07) is 15.6. The Bertz CT molecular complexity index is 1530. The van der Waals surface area contributed by atoms with Crippen molar-refractivity contribution in [3.05, 3.63) is 65.7 Å². The van der Waals surface area contributed by atoms with Crippen molar-refractivity contribution in [3.8, 4) is 0 Å². The van der Waals surface area contributed by atoms with Crippen LogP contribution < -0.4 is 4.90 Å². The van der Waals surface area contributed by atoms with Gasteiger partial charge in [-0.25, -0.2) is 4.99 Å². The molecule has 6 rings (SSSR count). The van der Waals surface area contributed by atoms with Crippen LogP contribution in [-0.4, -0.2) is 65.1 Å². The fourth-order valence-electron chi connectivity index (χ4n) is 7.11. The number of carboxylic acid groups (broad SMARTS) is 1. The number of benzene rings is 2. The van der Waals surface area contributed by atoms with Crippen LogP contribution in [0, 0.1) is 22.7 Å². The third-order valence-corrected chi connectivity index (χ3v) is 9.20. The lowest BCUT2D eigenvalue weighted by Gasteiger charge is -2.28. The molecule has 2 amide bonds. The number of hydrogen-bond acceptors (Lipinski definition) is 4. The fraction of sp³-hybridized carbons (Fsp3) is 0.448. The molecule has 0 radical (unpaired) electrons. The van der Waals surface area contributed by atoms with Gasteiger partial charge < -0.3 is 14.9 Å². The molecule has 2 aromatic rings. The van der Waals surface area contributed by atoms with E-state index in [-0.39, 0.29) is 6.54 Å². The molecule has 222 valence electrons. The lowest BCUT2D eigenvalue weighted by Crippen LogP contribution is -2.46. The molecule has 7 nitrogen and oxygen atoms in total. The van der Waals surface area contributed by atoms with Crippen LogP contribution >= 0.6 is 0 Å². The van der Waals surface area contributed by atoms with Crippen LogP contribution in [0.3, 0.4) is 0 Å². The van der Waals surface area contributed by atoms with Crippen molar-refractivity contribution in [1.29, 1.82) is 0 Å². The number of likely N-dealkylation sites (N-methyl/N-ethyl adjacent to an activating group) is 1. The Morgan fingerprint density at radius 1 is 0.905 bits per heavy atom. The molecule has 1 saturated heterocycles. The number of nitrogens with zero attached hydrogens (tertiary/aromatic N) is 3. The number of fused-ring (bicyclic) bond motifs is 1. The number of aliphatic imine (C=N–C) groups is 1. The number of alkyl halides is 6. The van der Waals surface area contributed by atoms with E-state index in [1.165, 1.54) is 11.9 Å². The molecule has 2 aliphatic carbocycles. The number of rotatable bonds is 6. The number of hydrogen-bond donors (Lipinski definition) is 1.